The quantitative estimate of drug-likeness (QED) is 0.864. The van der Waals surface area contributed by atoms with Gasteiger partial charge in [0, 0.05) is 19.1 Å². The Morgan fingerprint density at radius 2 is 2.33 bits per heavy atom. The van der Waals surface area contributed by atoms with E-state index in [4.69, 9.17) is 5.11 Å². The molecule has 1 amide bonds. The number of carbonyl (C=O) groups is 2. The van der Waals surface area contributed by atoms with Crippen molar-refractivity contribution in [3.05, 3.63) is 35.6 Å². The van der Waals surface area contributed by atoms with Gasteiger partial charge >= 0.3 is 5.97 Å². The predicted octanol–water partition coefficient (Wildman–Crippen LogP) is 1.55. The molecule has 0 aliphatic carbocycles. The molecule has 1 fully saturated rings. The van der Waals surface area contributed by atoms with Gasteiger partial charge < -0.3 is 10.4 Å². The molecule has 0 aromatic heterocycles. The van der Waals surface area contributed by atoms with Crippen molar-refractivity contribution in [2.24, 2.45) is 0 Å². The Bertz CT molecular complexity index is 535. The van der Waals surface area contributed by atoms with Crippen LogP contribution in [-0.4, -0.2) is 41.0 Å². The number of carbonyl (C=O) groups excluding carboxylic acids is 1. The molecule has 2 N–H and O–H groups in total. The van der Waals surface area contributed by atoms with Crippen molar-refractivity contribution in [1.82, 2.24) is 10.2 Å². The predicted molar refractivity (Wildman–Crippen MR) is 75.2 cm³/mol. The second-order valence-corrected chi connectivity index (χ2v) is 5.12. The number of aliphatic carboxylic acids is 1. The average molecular weight is 294 g/mol. The van der Waals surface area contributed by atoms with Crippen molar-refractivity contribution in [3.63, 3.8) is 0 Å². The molecule has 2 atom stereocenters. The molecule has 1 heterocycles. The van der Waals surface area contributed by atoms with Crippen molar-refractivity contribution < 1.29 is 19.1 Å². The molecule has 1 aliphatic heterocycles. The Kier molecular flexibility index (Phi) is 4.90. The van der Waals surface area contributed by atoms with Gasteiger partial charge in [-0.3, -0.25) is 14.5 Å². The second kappa shape index (κ2) is 6.67. The van der Waals surface area contributed by atoms with Gasteiger partial charge in [0.2, 0.25) is 5.91 Å². The molecule has 0 radical (unpaired) electrons. The van der Waals surface area contributed by atoms with E-state index in [1.165, 1.54) is 12.1 Å². The summed E-state index contributed by atoms with van der Waals surface area (Å²) in [6.07, 6.45) is 0.421. The lowest BCUT2D eigenvalue weighted by Crippen LogP contribution is -2.56. The zero-order valence-corrected chi connectivity index (χ0v) is 11.9. The van der Waals surface area contributed by atoms with E-state index in [2.05, 4.69) is 5.32 Å². The second-order valence-electron chi connectivity index (χ2n) is 5.12. The highest BCUT2D eigenvalue weighted by Gasteiger charge is 2.35. The number of amides is 1. The number of nitrogens with one attached hydrogen (secondary N) is 1. The summed E-state index contributed by atoms with van der Waals surface area (Å²) < 4.78 is 13.4. The molecule has 1 aliphatic rings. The molecule has 1 aromatic rings. The molecule has 21 heavy (non-hydrogen) atoms. The first-order valence-corrected chi connectivity index (χ1v) is 7.03. The average Bonchev–Trinajstić information content (AvgIpc) is 2.43. The van der Waals surface area contributed by atoms with Crippen molar-refractivity contribution >= 4 is 11.9 Å². The molecule has 114 valence electrons. The third-order valence-electron chi connectivity index (χ3n) is 3.76. The summed E-state index contributed by atoms with van der Waals surface area (Å²) in [6, 6.07) is 5.36. The fourth-order valence-electron chi connectivity index (χ4n) is 2.86. The maximum Gasteiger partial charge on any atom is 0.305 e. The van der Waals surface area contributed by atoms with Crippen LogP contribution >= 0.6 is 0 Å². The van der Waals surface area contributed by atoms with Crippen LogP contribution < -0.4 is 5.32 Å². The van der Waals surface area contributed by atoms with Crippen LogP contribution in [0, 0.1) is 5.82 Å². The third kappa shape index (κ3) is 3.58. The molecule has 0 saturated carbocycles. The number of nitrogens with zero attached hydrogens (tertiary/aromatic N) is 1. The van der Waals surface area contributed by atoms with Crippen LogP contribution in [0.1, 0.15) is 31.4 Å². The molecule has 2 unspecified atom stereocenters. The summed E-state index contributed by atoms with van der Waals surface area (Å²) in [5.74, 6) is -1.63. The molecule has 6 heteroatoms. The topological polar surface area (TPSA) is 69.6 Å². The lowest BCUT2D eigenvalue weighted by atomic mass is 9.98. The van der Waals surface area contributed by atoms with Gasteiger partial charge in [0.1, 0.15) is 11.9 Å². The Hall–Kier alpha value is -1.95. The van der Waals surface area contributed by atoms with E-state index in [-0.39, 0.29) is 24.2 Å². The first-order chi connectivity index (χ1) is 10.0. The third-order valence-corrected chi connectivity index (χ3v) is 3.76. The van der Waals surface area contributed by atoms with E-state index in [0.29, 0.717) is 19.5 Å². The number of piperazine rings is 1. The van der Waals surface area contributed by atoms with Gasteiger partial charge in [-0.1, -0.05) is 19.1 Å². The Balaban J connectivity index is 2.29. The van der Waals surface area contributed by atoms with Crippen molar-refractivity contribution in [1.29, 1.82) is 0 Å². The Labute approximate surface area is 122 Å². The zero-order valence-electron chi connectivity index (χ0n) is 11.9. The van der Waals surface area contributed by atoms with Crippen LogP contribution in [0.5, 0.6) is 0 Å². The van der Waals surface area contributed by atoms with Gasteiger partial charge in [-0.2, -0.15) is 0 Å². The summed E-state index contributed by atoms with van der Waals surface area (Å²) in [4.78, 5) is 24.8. The molecule has 1 saturated heterocycles. The van der Waals surface area contributed by atoms with Gasteiger partial charge in [0.05, 0.1) is 6.42 Å². The number of rotatable bonds is 5. The van der Waals surface area contributed by atoms with E-state index in [1.807, 2.05) is 17.9 Å². The molecule has 0 bridgehead atoms. The van der Waals surface area contributed by atoms with Gasteiger partial charge in [0.15, 0.2) is 0 Å². The zero-order chi connectivity index (χ0) is 15.4. The lowest BCUT2D eigenvalue weighted by molar-refractivity contribution is -0.144. The van der Waals surface area contributed by atoms with Crippen LogP contribution in [0.4, 0.5) is 4.39 Å². The minimum Gasteiger partial charge on any atom is -0.481 e. The standard InChI is InChI=1S/C15H19FN2O3/c1-2-12(10-4-3-5-11(16)8-10)18-7-6-17-15(21)13(18)9-14(19)20/h3-5,8,12-13H,2,6-7,9H2,1H3,(H,17,21)(H,19,20). The molecule has 1 aromatic carbocycles. The Morgan fingerprint density at radius 3 is 2.95 bits per heavy atom. The normalized spacial score (nSPS) is 20.9. The summed E-state index contributed by atoms with van der Waals surface area (Å²) in [5, 5.41) is 11.7. The smallest absolute Gasteiger partial charge is 0.305 e. The van der Waals surface area contributed by atoms with E-state index in [0.717, 1.165) is 5.56 Å². The van der Waals surface area contributed by atoms with Crippen molar-refractivity contribution in [2.45, 2.75) is 31.8 Å². The fourth-order valence-corrected chi connectivity index (χ4v) is 2.86. The number of carboxylic acids is 1. The highest BCUT2D eigenvalue weighted by atomic mass is 19.1. The SMILES string of the molecule is CCC(c1cccc(F)c1)N1CCNC(=O)C1CC(=O)O. The first-order valence-electron chi connectivity index (χ1n) is 7.03. The van der Waals surface area contributed by atoms with Crippen molar-refractivity contribution in [3.8, 4) is 0 Å². The maximum absolute atomic E-state index is 13.4. The maximum atomic E-state index is 13.4. The van der Waals surface area contributed by atoms with Crippen LogP contribution in [0.2, 0.25) is 0 Å². The number of halogens is 1. The van der Waals surface area contributed by atoms with E-state index in [1.54, 1.807) is 6.07 Å². The van der Waals surface area contributed by atoms with Crippen LogP contribution in [0.15, 0.2) is 24.3 Å². The number of benzene rings is 1. The number of carboxylic acid groups (broad SMARTS) is 1. The van der Waals surface area contributed by atoms with Crippen LogP contribution in [-0.2, 0) is 9.59 Å². The number of hydrogen-bond acceptors (Lipinski definition) is 3. The van der Waals surface area contributed by atoms with E-state index >= 15 is 0 Å². The molecule has 0 spiro atoms. The Morgan fingerprint density at radius 1 is 1.57 bits per heavy atom. The summed E-state index contributed by atoms with van der Waals surface area (Å²) in [6.45, 7) is 2.97. The molecule has 5 nitrogen and oxygen atoms in total. The highest BCUT2D eigenvalue weighted by molar-refractivity contribution is 5.86. The number of hydrogen-bond donors (Lipinski definition) is 2. The monoisotopic (exact) mass is 294 g/mol. The minimum atomic E-state index is -1.02. The summed E-state index contributed by atoms with van der Waals surface area (Å²) in [7, 11) is 0. The largest absolute Gasteiger partial charge is 0.481 e. The van der Waals surface area contributed by atoms with Gasteiger partial charge in [-0.15, -0.1) is 0 Å². The van der Waals surface area contributed by atoms with Gasteiger partial charge in [-0.25, -0.2) is 4.39 Å². The molecule has 2 rings (SSSR count). The molecular weight excluding hydrogens is 275 g/mol. The van der Waals surface area contributed by atoms with E-state index in [9.17, 15) is 14.0 Å². The van der Waals surface area contributed by atoms with Crippen LogP contribution in [0.3, 0.4) is 0 Å². The molecular formula is C15H19FN2O3. The minimum absolute atomic E-state index is 0.170. The first kappa shape index (κ1) is 15.4. The summed E-state index contributed by atoms with van der Waals surface area (Å²) in [5.41, 5.74) is 0.766. The highest BCUT2D eigenvalue weighted by Crippen LogP contribution is 2.28. The van der Waals surface area contributed by atoms with Crippen molar-refractivity contribution in [2.75, 3.05) is 13.1 Å². The van der Waals surface area contributed by atoms with Gasteiger partial charge in [0.25, 0.3) is 0 Å². The van der Waals surface area contributed by atoms with Crippen LogP contribution in [0.25, 0.3) is 0 Å². The fraction of sp³-hybridized carbons (Fsp3) is 0.467. The lowest BCUT2D eigenvalue weighted by Gasteiger charge is -2.40. The van der Waals surface area contributed by atoms with E-state index < -0.39 is 12.0 Å². The summed E-state index contributed by atoms with van der Waals surface area (Å²) >= 11 is 0. The van der Waals surface area contributed by atoms with Gasteiger partial charge in [-0.05, 0) is 24.1 Å².